The molecule has 30 heavy (non-hydrogen) atoms. The zero-order valence-electron chi connectivity index (χ0n) is 17.8. The molecular formula is C23H27N5O2. The van der Waals surface area contributed by atoms with Gasteiger partial charge < -0.3 is 9.64 Å². The van der Waals surface area contributed by atoms with Gasteiger partial charge in [-0.1, -0.05) is 0 Å². The van der Waals surface area contributed by atoms with E-state index in [0.717, 1.165) is 59.9 Å². The van der Waals surface area contributed by atoms with Crippen LogP contribution >= 0.6 is 0 Å². The number of rotatable bonds is 3. The molecule has 0 N–H and O–H groups in total. The van der Waals surface area contributed by atoms with Crippen LogP contribution in [0, 0.1) is 6.92 Å². The largest absolute Gasteiger partial charge is 0.497 e. The Morgan fingerprint density at radius 1 is 1.17 bits per heavy atom. The van der Waals surface area contributed by atoms with Crippen LogP contribution in [0.3, 0.4) is 0 Å². The summed E-state index contributed by atoms with van der Waals surface area (Å²) < 4.78 is 7.04. The highest BCUT2D eigenvalue weighted by atomic mass is 16.5. The van der Waals surface area contributed by atoms with Crippen LogP contribution < -0.4 is 4.74 Å². The number of fused-ring (bicyclic) bond motifs is 2. The van der Waals surface area contributed by atoms with Gasteiger partial charge in [0.2, 0.25) is 0 Å². The van der Waals surface area contributed by atoms with Crippen molar-refractivity contribution in [2.75, 3.05) is 33.3 Å². The van der Waals surface area contributed by atoms with Gasteiger partial charge in [0.1, 0.15) is 5.75 Å². The van der Waals surface area contributed by atoms with Gasteiger partial charge in [-0.3, -0.25) is 14.4 Å². The molecular weight excluding hydrogens is 378 g/mol. The molecule has 2 saturated heterocycles. The molecule has 0 unspecified atom stereocenters. The molecule has 7 nitrogen and oxygen atoms in total. The van der Waals surface area contributed by atoms with Gasteiger partial charge in [0.15, 0.2) is 5.65 Å². The van der Waals surface area contributed by atoms with Gasteiger partial charge in [-0.05, 0) is 56.6 Å². The molecule has 4 heterocycles. The molecule has 0 aliphatic carbocycles. The summed E-state index contributed by atoms with van der Waals surface area (Å²) in [4.78, 5) is 23.1. The fraction of sp³-hybridized carbons (Fsp3) is 0.435. The van der Waals surface area contributed by atoms with Gasteiger partial charge in [0, 0.05) is 38.3 Å². The van der Waals surface area contributed by atoms with Gasteiger partial charge in [0.05, 0.1) is 29.4 Å². The van der Waals surface area contributed by atoms with Crippen LogP contribution in [0.25, 0.3) is 22.3 Å². The van der Waals surface area contributed by atoms with E-state index in [1.165, 1.54) is 12.8 Å². The molecule has 2 aliphatic rings. The maximum absolute atomic E-state index is 13.7. The van der Waals surface area contributed by atoms with Crippen molar-refractivity contribution in [2.24, 2.45) is 7.05 Å². The predicted octanol–water partition coefficient (Wildman–Crippen LogP) is 2.87. The van der Waals surface area contributed by atoms with Crippen molar-refractivity contribution in [3.8, 4) is 17.0 Å². The normalized spacial score (nSPS) is 19.3. The number of hydrogen-bond donors (Lipinski definition) is 0. The number of carbonyl (C=O) groups excluding carboxylic acids is 1. The standard InChI is InChI=1S/C23H27N5O2/c1-15-21-19(23(29)28-12-11-27-10-4-5-17(27)14-28)13-20(24-22(21)26(2)25-15)16-6-8-18(30-3)9-7-16/h6-9,13,17H,4-5,10-12,14H2,1-3H3/t17-/m1/s1. The summed E-state index contributed by atoms with van der Waals surface area (Å²) >= 11 is 0. The number of ether oxygens (including phenoxy) is 1. The van der Waals surface area contributed by atoms with Gasteiger partial charge in [-0.25, -0.2) is 4.98 Å². The molecule has 0 radical (unpaired) electrons. The summed E-state index contributed by atoms with van der Waals surface area (Å²) in [5.74, 6) is 0.877. The molecule has 1 atom stereocenters. The fourth-order valence-electron chi connectivity index (χ4n) is 4.87. The van der Waals surface area contributed by atoms with E-state index in [1.807, 2.05) is 49.2 Å². The molecule has 1 aromatic carbocycles. The molecule has 2 aliphatic heterocycles. The molecule has 2 aromatic heterocycles. The monoisotopic (exact) mass is 405 g/mol. The molecule has 2 fully saturated rings. The Labute approximate surface area is 176 Å². The smallest absolute Gasteiger partial charge is 0.254 e. The van der Waals surface area contributed by atoms with E-state index in [0.29, 0.717) is 11.6 Å². The van der Waals surface area contributed by atoms with Crippen molar-refractivity contribution < 1.29 is 9.53 Å². The first kappa shape index (κ1) is 19.1. The highest BCUT2D eigenvalue weighted by molar-refractivity contribution is 6.07. The first-order valence-electron chi connectivity index (χ1n) is 10.6. The number of methoxy groups -OCH3 is 1. The third-order valence-electron chi connectivity index (χ3n) is 6.46. The Hall–Kier alpha value is -2.93. The van der Waals surface area contributed by atoms with E-state index in [9.17, 15) is 4.79 Å². The number of amides is 1. The van der Waals surface area contributed by atoms with E-state index in [4.69, 9.17) is 9.72 Å². The highest BCUT2D eigenvalue weighted by Crippen LogP contribution is 2.30. The zero-order chi connectivity index (χ0) is 20.8. The summed E-state index contributed by atoms with van der Waals surface area (Å²) in [6.45, 7) is 5.65. The number of pyridine rings is 1. The Balaban J connectivity index is 1.58. The number of nitrogens with zero attached hydrogens (tertiary/aromatic N) is 5. The van der Waals surface area contributed by atoms with E-state index >= 15 is 0 Å². The van der Waals surface area contributed by atoms with E-state index in [-0.39, 0.29) is 5.91 Å². The first-order valence-corrected chi connectivity index (χ1v) is 10.6. The summed E-state index contributed by atoms with van der Waals surface area (Å²) in [7, 11) is 3.53. The Kier molecular flexibility index (Phi) is 4.70. The SMILES string of the molecule is COc1ccc(-c2cc(C(=O)N3CCN4CCC[C@@H]4C3)c3c(C)nn(C)c3n2)cc1. The van der Waals surface area contributed by atoms with E-state index in [2.05, 4.69) is 10.00 Å². The van der Waals surface area contributed by atoms with Gasteiger partial charge >= 0.3 is 0 Å². The minimum Gasteiger partial charge on any atom is -0.497 e. The van der Waals surface area contributed by atoms with Crippen molar-refractivity contribution in [3.05, 3.63) is 41.6 Å². The number of hydrogen-bond acceptors (Lipinski definition) is 5. The van der Waals surface area contributed by atoms with Crippen molar-refractivity contribution in [3.63, 3.8) is 0 Å². The number of carbonyl (C=O) groups is 1. The first-order chi connectivity index (χ1) is 14.5. The molecule has 5 rings (SSSR count). The van der Waals surface area contributed by atoms with Crippen LogP contribution in [0.5, 0.6) is 5.75 Å². The minimum atomic E-state index is 0.0832. The van der Waals surface area contributed by atoms with Crippen LogP contribution in [0.1, 0.15) is 28.9 Å². The Bertz CT molecular complexity index is 1100. The highest BCUT2D eigenvalue weighted by Gasteiger charge is 2.33. The molecule has 0 bridgehead atoms. The lowest BCUT2D eigenvalue weighted by molar-refractivity contribution is 0.0573. The predicted molar refractivity (Wildman–Crippen MR) is 116 cm³/mol. The van der Waals surface area contributed by atoms with Gasteiger partial charge in [-0.15, -0.1) is 0 Å². The van der Waals surface area contributed by atoms with Crippen molar-refractivity contribution in [2.45, 2.75) is 25.8 Å². The van der Waals surface area contributed by atoms with Gasteiger partial charge in [0.25, 0.3) is 5.91 Å². The maximum Gasteiger partial charge on any atom is 0.254 e. The minimum absolute atomic E-state index is 0.0832. The lowest BCUT2D eigenvalue weighted by atomic mass is 10.0. The van der Waals surface area contributed by atoms with E-state index in [1.54, 1.807) is 11.8 Å². The summed E-state index contributed by atoms with van der Waals surface area (Å²) in [5, 5.41) is 5.40. The molecule has 156 valence electrons. The number of aryl methyl sites for hydroxylation is 2. The molecule has 1 amide bonds. The second-order valence-electron chi connectivity index (χ2n) is 8.27. The summed E-state index contributed by atoms with van der Waals surface area (Å²) in [5.41, 5.74) is 4.00. The quantitative estimate of drug-likeness (QED) is 0.671. The van der Waals surface area contributed by atoms with Crippen molar-refractivity contribution >= 4 is 16.9 Å². The Morgan fingerprint density at radius 3 is 2.73 bits per heavy atom. The van der Waals surface area contributed by atoms with Crippen LogP contribution in [0.2, 0.25) is 0 Å². The van der Waals surface area contributed by atoms with Crippen LogP contribution in [-0.2, 0) is 7.05 Å². The third-order valence-corrected chi connectivity index (χ3v) is 6.46. The molecule has 0 saturated carbocycles. The van der Waals surface area contributed by atoms with Gasteiger partial charge in [-0.2, -0.15) is 5.10 Å². The number of benzene rings is 1. The topological polar surface area (TPSA) is 63.5 Å². The third kappa shape index (κ3) is 3.13. The zero-order valence-corrected chi connectivity index (χ0v) is 17.8. The second kappa shape index (κ2) is 7.40. The summed E-state index contributed by atoms with van der Waals surface area (Å²) in [6.07, 6.45) is 2.41. The second-order valence-corrected chi connectivity index (χ2v) is 8.27. The van der Waals surface area contributed by atoms with Crippen LogP contribution in [-0.4, -0.2) is 69.8 Å². The number of piperazine rings is 1. The molecule has 0 spiro atoms. The lowest BCUT2D eigenvalue weighted by Gasteiger charge is -2.37. The van der Waals surface area contributed by atoms with Crippen LogP contribution in [0.4, 0.5) is 0 Å². The molecule has 7 heteroatoms. The summed E-state index contributed by atoms with van der Waals surface area (Å²) in [6, 6.07) is 10.2. The molecule has 3 aromatic rings. The average molecular weight is 406 g/mol. The number of aromatic nitrogens is 3. The van der Waals surface area contributed by atoms with Crippen LogP contribution in [0.15, 0.2) is 30.3 Å². The Morgan fingerprint density at radius 2 is 1.97 bits per heavy atom. The lowest BCUT2D eigenvalue weighted by Crippen LogP contribution is -2.52. The van der Waals surface area contributed by atoms with E-state index < -0.39 is 0 Å². The van der Waals surface area contributed by atoms with Crippen molar-refractivity contribution in [1.82, 2.24) is 24.6 Å². The maximum atomic E-state index is 13.7. The fourth-order valence-corrected chi connectivity index (χ4v) is 4.87. The van der Waals surface area contributed by atoms with Crippen molar-refractivity contribution in [1.29, 1.82) is 0 Å². The average Bonchev–Trinajstić information content (AvgIpc) is 3.36.